The van der Waals surface area contributed by atoms with Crippen molar-refractivity contribution in [1.29, 1.82) is 0 Å². The fourth-order valence-electron chi connectivity index (χ4n) is 9.40. The molecule has 19 heteroatoms. The summed E-state index contributed by atoms with van der Waals surface area (Å²) in [6.45, 7) is 7.06. The van der Waals surface area contributed by atoms with Gasteiger partial charge in [0.15, 0.2) is 12.2 Å². The quantitative estimate of drug-likeness (QED) is 0.0169. The lowest BCUT2D eigenvalue weighted by Gasteiger charge is -2.21. The lowest BCUT2D eigenvalue weighted by atomic mass is 10.0. The molecule has 0 aromatic rings. The minimum Gasteiger partial charge on any atom is -0.462 e. The Bertz CT molecular complexity index is 1740. The predicted octanol–water partition coefficient (Wildman–Crippen LogP) is 18.1. The number of rotatable bonds is 64. The van der Waals surface area contributed by atoms with Crippen molar-refractivity contribution in [3.8, 4) is 0 Å². The van der Waals surface area contributed by atoms with E-state index in [1.54, 1.807) is 0 Å². The number of carbonyl (C=O) groups is 4. The summed E-state index contributed by atoms with van der Waals surface area (Å²) in [6.07, 6.45) is 46.7. The van der Waals surface area contributed by atoms with Gasteiger partial charge in [-0.15, -0.1) is 0 Å². The zero-order chi connectivity index (χ0) is 62.8. The van der Waals surface area contributed by atoms with E-state index >= 15 is 0 Å². The molecule has 5 atom stereocenters. The van der Waals surface area contributed by atoms with E-state index in [1.807, 2.05) is 0 Å². The van der Waals surface area contributed by atoms with Crippen molar-refractivity contribution in [2.45, 2.75) is 329 Å². The third kappa shape index (κ3) is 60.2. The molecule has 0 spiro atoms. The van der Waals surface area contributed by atoms with Crippen LogP contribution < -0.4 is 0 Å². The molecule has 0 saturated carbocycles. The molecule has 0 fully saturated rings. The number of esters is 4. The first-order chi connectivity index (χ1) is 41.0. The number of phosphoric acid groups is 2. The Labute approximate surface area is 516 Å². The van der Waals surface area contributed by atoms with Crippen molar-refractivity contribution in [3.05, 3.63) is 24.3 Å². The Morgan fingerprint density at radius 3 is 0.965 bits per heavy atom. The maximum Gasteiger partial charge on any atom is 0.472 e. The summed E-state index contributed by atoms with van der Waals surface area (Å²) in [5, 5.41) is 10.5. The highest BCUT2D eigenvalue weighted by Gasteiger charge is 2.30. The van der Waals surface area contributed by atoms with Crippen LogP contribution >= 0.6 is 15.6 Å². The molecule has 0 radical (unpaired) electrons. The van der Waals surface area contributed by atoms with Gasteiger partial charge in [0.05, 0.1) is 26.4 Å². The summed E-state index contributed by atoms with van der Waals surface area (Å²) in [7, 11) is -9.90. The average molecular weight is 1250 g/mol. The minimum atomic E-state index is -4.95. The third-order valence-electron chi connectivity index (χ3n) is 14.7. The predicted molar refractivity (Wildman–Crippen MR) is 340 cm³/mol. The van der Waals surface area contributed by atoms with Gasteiger partial charge in [0, 0.05) is 25.7 Å². The summed E-state index contributed by atoms with van der Waals surface area (Å²) in [5.41, 5.74) is 0. The van der Waals surface area contributed by atoms with Crippen LogP contribution in [0, 0.1) is 5.92 Å². The fraction of sp³-hybridized carbons (Fsp3) is 0.879. The van der Waals surface area contributed by atoms with E-state index in [4.69, 9.17) is 37.0 Å². The van der Waals surface area contributed by atoms with E-state index in [-0.39, 0.29) is 25.7 Å². The van der Waals surface area contributed by atoms with Gasteiger partial charge in [-0.1, -0.05) is 258 Å². The minimum absolute atomic E-state index is 0.0851. The molecule has 2 unspecified atom stereocenters. The summed E-state index contributed by atoms with van der Waals surface area (Å²) in [6, 6.07) is 0. The molecule has 0 aromatic carbocycles. The molecule has 3 N–H and O–H groups in total. The fourth-order valence-corrected chi connectivity index (χ4v) is 11.0. The van der Waals surface area contributed by atoms with Crippen molar-refractivity contribution < 1.29 is 80.2 Å². The topological polar surface area (TPSA) is 237 Å². The van der Waals surface area contributed by atoms with Gasteiger partial charge < -0.3 is 33.8 Å². The monoisotopic (exact) mass is 1250 g/mol. The average Bonchev–Trinajstić information content (AvgIpc) is 3.60. The first kappa shape index (κ1) is 82.5. The van der Waals surface area contributed by atoms with Crippen LogP contribution in [0.25, 0.3) is 0 Å². The second kappa shape index (κ2) is 59.2. The van der Waals surface area contributed by atoms with E-state index in [0.717, 1.165) is 103 Å². The molecule has 0 aliphatic rings. The van der Waals surface area contributed by atoms with E-state index < -0.39 is 97.5 Å². The second-order valence-electron chi connectivity index (χ2n) is 23.6. The van der Waals surface area contributed by atoms with Gasteiger partial charge in [-0.2, -0.15) is 0 Å². The standard InChI is InChI=1S/C66H124O17P2/c1-6-9-12-15-18-21-23-24-25-26-28-31-36-41-46-51-65(70)82-61(55-77-64(69)50-45-40-35-30-27-22-19-16-13-10-7-2)57-80-84(72,73)78-53-60(67)54-79-85(74,75)81-58-62(56-76-63(68)49-44-39-34-29-20-17-14-11-8-3)83-66(71)52-47-42-37-32-33-38-43-48-59(4)5/h21,23-25,59-62,67H,6-20,22,26-58H2,1-5H3,(H,72,73)(H,74,75)/b23-21-,25-24-/t60-,61-,62-/m1/s1. The van der Waals surface area contributed by atoms with Crippen LogP contribution in [0.5, 0.6) is 0 Å². The molecule has 0 bridgehead atoms. The van der Waals surface area contributed by atoms with Gasteiger partial charge in [-0.25, -0.2) is 9.13 Å². The van der Waals surface area contributed by atoms with E-state index in [2.05, 4.69) is 58.9 Å². The largest absolute Gasteiger partial charge is 0.472 e. The highest BCUT2D eigenvalue weighted by atomic mass is 31.2. The number of hydrogen-bond acceptors (Lipinski definition) is 15. The number of carbonyl (C=O) groups excluding carboxylic acids is 4. The third-order valence-corrected chi connectivity index (χ3v) is 16.6. The zero-order valence-electron chi connectivity index (χ0n) is 54.2. The zero-order valence-corrected chi connectivity index (χ0v) is 56.0. The van der Waals surface area contributed by atoms with E-state index in [9.17, 15) is 43.2 Å². The molecular weight excluding hydrogens is 1130 g/mol. The van der Waals surface area contributed by atoms with Crippen molar-refractivity contribution in [2.75, 3.05) is 39.6 Å². The molecule has 500 valence electrons. The Morgan fingerprint density at radius 1 is 0.365 bits per heavy atom. The molecule has 0 rings (SSSR count). The van der Waals surface area contributed by atoms with Gasteiger partial charge in [-0.3, -0.25) is 37.3 Å². The Balaban J connectivity index is 5.27. The van der Waals surface area contributed by atoms with Crippen LogP contribution in [0.4, 0.5) is 0 Å². The Morgan fingerprint density at radius 2 is 0.635 bits per heavy atom. The van der Waals surface area contributed by atoms with Gasteiger partial charge in [-0.05, 0) is 57.3 Å². The number of ether oxygens (including phenoxy) is 4. The van der Waals surface area contributed by atoms with Crippen LogP contribution in [0.3, 0.4) is 0 Å². The van der Waals surface area contributed by atoms with Crippen LogP contribution in [0.2, 0.25) is 0 Å². The van der Waals surface area contributed by atoms with Gasteiger partial charge in [0.2, 0.25) is 0 Å². The van der Waals surface area contributed by atoms with Crippen LogP contribution in [0.15, 0.2) is 24.3 Å². The first-order valence-electron chi connectivity index (χ1n) is 34.0. The number of aliphatic hydroxyl groups excluding tert-OH is 1. The number of phosphoric ester groups is 2. The van der Waals surface area contributed by atoms with Crippen molar-refractivity contribution in [1.82, 2.24) is 0 Å². The van der Waals surface area contributed by atoms with Gasteiger partial charge >= 0.3 is 39.5 Å². The number of hydrogen-bond donors (Lipinski definition) is 3. The normalized spacial score (nSPS) is 14.4. The van der Waals surface area contributed by atoms with Gasteiger partial charge in [0.25, 0.3) is 0 Å². The number of unbranched alkanes of at least 4 members (excludes halogenated alkanes) is 33. The molecule has 0 saturated heterocycles. The molecule has 17 nitrogen and oxygen atoms in total. The van der Waals surface area contributed by atoms with Crippen molar-refractivity contribution in [2.24, 2.45) is 5.92 Å². The van der Waals surface area contributed by atoms with Crippen LogP contribution in [0.1, 0.15) is 311 Å². The van der Waals surface area contributed by atoms with E-state index in [0.29, 0.717) is 31.6 Å². The molecule has 0 heterocycles. The van der Waals surface area contributed by atoms with Crippen molar-refractivity contribution >= 4 is 39.5 Å². The Kier molecular flexibility index (Phi) is 57.5. The molecule has 0 aliphatic heterocycles. The molecule has 0 amide bonds. The van der Waals surface area contributed by atoms with Crippen LogP contribution in [-0.2, 0) is 65.4 Å². The van der Waals surface area contributed by atoms with Gasteiger partial charge in [0.1, 0.15) is 19.3 Å². The summed E-state index contributed by atoms with van der Waals surface area (Å²) >= 11 is 0. The summed E-state index contributed by atoms with van der Waals surface area (Å²) in [4.78, 5) is 72.2. The highest BCUT2D eigenvalue weighted by Crippen LogP contribution is 2.45. The Hall–Kier alpha value is -2.46. The summed E-state index contributed by atoms with van der Waals surface area (Å²) < 4.78 is 68.0. The van der Waals surface area contributed by atoms with Crippen molar-refractivity contribution in [3.63, 3.8) is 0 Å². The van der Waals surface area contributed by atoms with E-state index in [1.165, 1.54) is 122 Å². The molecule has 0 aliphatic carbocycles. The first-order valence-corrected chi connectivity index (χ1v) is 36.9. The molecular formula is C66H124O17P2. The SMILES string of the molecule is CCCCCC/C=C\C=C/CCCCCCCC(=O)O[C@H](COC(=O)CCCCCCCCCCCCC)COP(=O)(O)OC[C@@H](O)COP(=O)(O)OC[C@@H](COC(=O)CCCCCCCCCCC)OC(=O)CCCCCCCCCC(C)C. The number of aliphatic hydroxyl groups is 1. The number of allylic oxidation sites excluding steroid dienone is 4. The second-order valence-corrected chi connectivity index (χ2v) is 26.6. The lowest BCUT2D eigenvalue weighted by Crippen LogP contribution is -2.30. The van der Waals surface area contributed by atoms with Crippen LogP contribution in [-0.4, -0.2) is 96.7 Å². The summed E-state index contributed by atoms with van der Waals surface area (Å²) in [5.74, 6) is -1.47. The highest BCUT2D eigenvalue weighted by molar-refractivity contribution is 7.47. The maximum atomic E-state index is 13.0. The maximum absolute atomic E-state index is 13.0. The smallest absolute Gasteiger partial charge is 0.462 e. The molecule has 85 heavy (non-hydrogen) atoms. The molecule has 0 aromatic heterocycles. The lowest BCUT2D eigenvalue weighted by molar-refractivity contribution is -0.161.